The topological polar surface area (TPSA) is 86.6 Å². The van der Waals surface area contributed by atoms with E-state index in [1.54, 1.807) is 0 Å². The van der Waals surface area contributed by atoms with Gasteiger partial charge in [0, 0.05) is 13.0 Å². The largest absolute Gasteiger partial charge is 0.480 e. The Kier molecular flexibility index (Phi) is 4.07. The maximum Gasteiger partial charge on any atom is 0.319 e. The highest BCUT2D eigenvalue weighted by molar-refractivity contribution is 6.01. The predicted octanol–water partition coefficient (Wildman–Crippen LogP) is -0.160. The molecule has 0 bridgehead atoms. The van der Waals surface area contributed by atoms with Gasteiger partial charge in [-0.2, -0.15) is 0 Å². The molecule has 0 heterocycles. The van der Waals surface area contributed by atoms with Gasteiger partial charge in [0.25, 0.3) is 0 Å². The molecule has 0 aliphatic heterocycles. The van der Waals surface area contributed by atoms with E-state index in [1.165, 1.54) is 27.8 Å². The lowest BCUT2D eigenvalue weighted by Crippen LogP contribution is -2.50. The first-order valence-corrected chi connectivity index (χ1v) is 4.42. The molecule has 0 fully saturated rings. The summed E-state index contributed by atoms with van der Waals surface area (Å²) in [6.07, 6.45) is -0.853. The summed E-state index contributed by atoms with van der Waals surface area (Å²) < 4.78 is 0. The first kappa shape index (κ1) is 12.9. The SMILES string of the molecule is CNC(=O)C(C)(C(=O)O)C(C)C(C)O. The Morgan fingerprint density at radius 1 is 1.36 bits per heavy atom. The Labute approximate surface area is 83.1 Å². The van der Waals surface area contributed by atoms with E-state index in [-0.39, 0.29) is 0 Å². The van der Waals surface area contributed by atoms with Crippen LogP contribution in [0, 0.1) is 11.3 Å². The number of hydrogen-bond acceptors (Lipinski definition) is 3. The second-order valence-corrected chi connectivity index (χ2v) is 3.62. The van der Waals surface area contributed by atoms with Crippen molar-refractivity contribution in [3.8, 4) is 0 Å². The zero-order chi connectivity index (χ0) is 11.5. The van der Waals surface area contributed by atoms with E-state index >= 15 is 0 Å². The minimum atomic E-state index is -1.59. The minimum absolute atomic E-state index is 0.599. The van der Waals surface area contributed by atoms with Crippen molar-refractivity contribution in [3.05, 3.63) is 0 Å². The van der Waals surface area contributed by atoms with Crippen molar-refractivity contribution in [1.82, 2.24) is 5.32 Å². The summed E-state index contributed by atoms with van der Waals surface area (Å²) in [5.74, 6) is -2.48. The summed E-state index contributed by atoms with van der Waals surface area (Å²) >= 11 is 0. The van der Waals surface area contributed by atoms with Crippen LogP contribution in [-0.4, -0.2) is 35.2 Å². The summed E-state index contributed by atoms with van der Waals surface area (Å²) in [7, 11) is 1.37. The fourth-order valence-corrected chi connectivity index (χ4v) is 1.24. The van der Waals surface area contributed by atoms with Crippen molar-refractivity contribution in [1.29, 1.82) is 0 Å². The average Bonchev–Trinajstić information content (AvgIpc) is 2.13. The van der Waals surface area contributed by atoms with Gasteiger partial charge < -0.3 is 15.5 Å². The molecule has 0 aromatic heterocycles. The van der Waals surface area contributed by atoms with Crippen LogP contribution in [-0.2, 0) is 9.59 Å². The van der Waals surface area contributed by atoms with Gasteiger partial charge in [-0.15, -0.1) is 0 Å². The van der Waals surface area contributed by atoms with E-state index in [9.17, 15) is 14.7 Å². The van der Waals surface area contributed by atoms with Gasteiger partial charge in [0.15, 0.2) is 0 Å². The number of carboxylic acid groups (broad SMARTS) is 1. The van der Waals surface area contributed by atoms with Crippen molar-refractivity contribution in [3.63, 3.8) is 0 Å². The summed E-state index contributed by atoms with van der Waals surface area (Å²) in [4.78, 5) is 22.4. The van der Waals surface area contributed by atoms with Crippen LogP contribution < -0.4 is 5.32 Å². The molecule has 3 atom stereocenters. The molecule has 0 radical (unpaired) electrons. The maximum atomic E-state index is 11.4. The molecule has 0 aromatic rings. The number of rotatable bonds is 4. The van der Waals surface area contributed by atoms with E-state index in [2.05, 4.69) is 5.32 Å². The minimum Gasteiger partial charge on any atom is -0.480 e. The smallest absolute Gasteiger partial charge is 0.319 e. The zero-order valence-electron chi connectivity index (χ0n) is 8.87. The highest BCUT2D eigenvalue weighted by Gasteiger charge is 2.47. The van der Waals surface area contributed by atoms with Gasteiger partial charge in [-0.1, -0.05) is 6.92 Å². The lowest BCUT2D eigenvalue weighted by Gasteiger charge is -2.31. The van der Waals surface area contributed by atoms with Crippen LogP contribution in [0.15, 0.2) is 0 Å². The van der Waals surface area contributed by atoms with Gasteiger partial charge in [0.05, 0.1) is 6.10 Å². The van der Waals surface area contributed by atoms with Crippen LogP contribution in [0.5, 0.6) is 0 Å². The number of hydrogen-bond donors (Lipinski definition) is 3. The summed E-state index contributed by atoms with van der Waals surface area (Å²) in [5, 5.41) is 20.6. The summed E-state index contributed by atoms with van der Waals surface area (Å²) in [5.41, 5.74) is -1.59. The molecule has 0 aromatic carbocycles. The molecule has 3 unspecified atom stereocenters. The fraction of sp³-hybridized carbons (Fsp3) is 0.778. The number of carbonyl (C=O) groups excluding carboxylic acids is 1. The van der Waals surface area contributed by atoms with Crippen molar-refractivity contribution in [2.45, 2.75) is 26.9 Å². The van der Waals surface area contributed by atoms with E-state index in [0.29, 0.717) is 0 Å². The highest BCUT2D eigenvalue weighted by atomic mass is 16.4. The predicted molar refractivity (Wildman–Crippen MR) is 50.7 cm³/mol. The lowest BCUT2D eigenvalue weighted by atomic mass is 9.74. The van der Waals surface area contributed by atoms with E-state index < -0.39 is 29.3 Å². The number of nitrogens with one attached hydrogen (secondary N) is 1. The second kappa shape index (κ2) is 4.41. The van der Waals surface area contributed by atoms with Gasteiger partial charge in [0.2, 0.25) is 5.91 Å². The van der Waals surface area contributed by atoms with Crippen LogP contribution in [0.1, 0.15) is 20.8 Å². The van der Waals surface area contributed by atoms with Gasteiger partial charge in [-0.05, 0) is 13.8 Å². The average molecular weight is 203 g/mol. The van der Waals surface area contributed by atoms with Crippen molar-refractivity contribution < 1.29 is 19.8 Å². The molecule has 5 heteroatoms. The van der Waals surface area contributed by atoms with Gasteiger partial charge in [0.1, 0.15) is 5.41 Å². The number of carboxylic acids is 1. The number of amides is 1. The quantitative estimate of drug-likeness (QED) is 0.554. The third-order valence-electron chi connectivity index (χ3n) is 2.78. The van der Waals surface area contributed by atoms with Gasteiger partial charge in [-0.25, -0.2) is 0 Å². The Morgan fingerprint density at radius 2 is 1.79 bits per heavy atom. The standard InChI is InChI=1S/C9H17NO4/c1-5(6(2)11)9(3,8(13)14)7(12)10-4/h5-6,11H,1-4H3,(H,10,12)(H,13,14). The van der Waals surface area contributed by atoms with Crippen LogP contribution in [0.3, 0.4) is 0 Å². The van der Waals surface area contributed by atoms with Crippen LogP contribution in [0.25, 0.3) is 0 Å². The maximum absolute atomic E-state index is 11.4. The first-order chi connectivity index (χ1) is 6.28. The molecule has 5 nitrogen and oxygen atoms in total. The molecule has 0 aliphatic carbocycles. The van der Waals surface area contributed by atoms with Crippen molar-refractivity contribution in [2.75, 3.05) is 7.05 Å². The van der Waals surface area contributed by atoms with Crippen LogP contribution in [0.4, 0.5) is 0 Å². The number of aliphatic hydroxyl groups is 1. The molecule has 1 amide bonds. The summed E-state index contributed by atoms with van der Waals surface area (Å²) in [6, 6.07) is 0. The molecular weight excluding hydrogens is 186 g/mol. The molecule has 3 N–H and O–H groups in total. The van der Waals surface area contributed by atoms with Crippen molar-refractivity contribution >= 4 is 11.9 Å². The molecule has 0 saturated carbocycles. The van der Waals surface area contributed by atoms with E-state index in [4.69, 9.17) is 5.11 Å². The van der Waals surface area contributed by atoms with Crippen molar-refractivity contribution in [2.24, 2.45) is 11.3 Å². The molecule has 0 spiro atoms. The molecular formula is C9H17NO4. The molecule has 14 heavy (non-hydrogen) atoms. The Bertz CT molecular complexity index is 239. The molecule has 82 valence electrons. The highest BCUT2D eigenvalue weighted by Crippen LogP contribution is 2.30. The second-order valence-electron chi connectivity index (χ2n) is 3.62. The number of aliphatic hydroxyl groups excluding tert-OH is 1. The van der Waals surface area contributed by atoms with Gasteiger partial charge >= 0.3 is 5.97 Å². The Hall–Kier alpha value is -1.10. The number of aliphatic carboxylic acids is 1. The molecule has 0 rings (SSSR count). The third-order valence-corrected chi connectivity index (χ3v) is 2.78. The third kappa shape index (κ3) is 2.04. The number of carbonyl (C=O) groups is 2. The monoisotopic (exact) mass is 203 g/mol. The molecule has 0 saturated heterocycles. The summed E-state index contributed by atoms with van der Waals surface area (Å²) in [6.45, 7) is 4.31. The van der Waals surface area contributed by atoms with Crippen LogP contribution >= 0.6 is 0 Å². The first-order valence-electron chi connectivity index (χ1n) is 4.42. The van der Waals surface area contributed by atoms with E-state index in [0.717, 1.165) is 0 Å². The Morgan fingerprint density at radius 3 is 2.00 bits per heavy atom. The normalized spacial score (nSPS) is 19.2. The fourth-order valence-electron chi connectivity index (χ4n) is 1.24. The lowest BCUT2D eigenvalue weighted by molar-refractivity contribution is -0.161. The zero-order valence-corrected chi connectivity index (χ0v) is 8.87. The van der Waals surface area contributed by atoms with Gasteiger partial charge in [-0.3, -0.25) is 9.59 Å². The Balaban J connectivity index is 5.10. The van der Waals surface area contributed by atoms with E-state index in [1.807, 2.05) is 0 Å². The molecule has 0 aliphatic rings. The van der Waals surface area contributed by atoms with Crippen LogP contribution in [0.2, 0.25) is 0 Å².